The largest absolute Gasteiger partial charge is 0.354 e. The van der Waals surface area contributed by atoms with E-state index in [2.05, 4.69) is 0 Å². The second-order valence-corrected chi connectivity index (χ2v) is 4.74. The van der Waals surface area contributed by atoms with E-state index in [-0.39, 0.29) is 6.54 Å². The minimum atomic E-state index is -3.67. The number of likely N-dealkylation sites (N-methyl/N-ethyl adjacent to an activating group) is 1. The zero-order chi connectivity index (χ0) is 9.78. The summed E-state index contributed by atoms with van der Waals surface area (Å²) in [5.41, 5.74) is 0. The van der Waals surface area contributed by atoms with Crippen LogP contribution in [0.1, 0.15) is 0 Å². The highest BCUT2D eigenvalue weighted by Gasteiger charge is 2.18. The molecular weight excluding hydrogens is 206 g/mol. The fraction of sp³-hybridized carbons (Fsp3) is 1.00. The van der Waals surface area contributed by atoms with Gasteiger partial charge in [-0.1, -0.05) is 0 Å². The third-order valence-electron chi connectivity index (χ3n) is 1.30. The van der Waals surface area contributed by atoms with Gasteiger partial charge in [0.05, 0.1) is 6.54 Å². The second-order valence-electron chi connectivity index (χ2n) is 2.12. The van der Waals surface area contributed by atoms with Crippen LogP contribution in [0.2, 0.25) is 0 Å². The minimum absolute atomic E-state index is 0.0683. The maximum Gasteiger partial charge on any atom is 0.299 e. The first-order valence-corrected chi connectivity index (χ1v) is 5.40. The first-order chi connectivity index (χ1) is 5.41. The van der Waals surface area contributed by atoms with Crippen molar-refractivity contribution in [1.82, 2.24) is 4.31 Å². The number of hydrogen-bond acceptors (Lipinski definition) is 4. The average Bonchev–Trinajstić information content (AvgIpc) is 1.97. The Balaban J connectivity index is 4.08. The molecule has 0 aromatic rings. The van der Waals surface area contributed by atoms with Crippen LogP contribution in [0, 0.1) is 0 Å². The van der Waals surface area contributed by atoms with E-state index in [1.54, 1.807) is 0 Å². The summed E-state index contributed by atoms with van der Waals surface area (Å²) < 4.78 is 31.9. The summed E-state index contributed by atoms with van der Waals surface area (Å²) in [6.07, 6.45) is -0.594. The van der Waals surface area contributed by atoms with E-state index in [1.807, 2.05) is 0 Å². The van der Waals surface area contributed by atoms with Crippen molar-refractivity contribution in [2.45, 2.75) is 6.29 Å². The molecule has 0 bridgehead atoms. The third-order valence-corrected chi connectivity index (χ3v) is 2.90. The highest BCUT2D eigenvalue weighted by Crippen LogP contribution is 2.05. The summed E-state index contributed by atoms with van der Waals surface area (Å²) in [6.45, 7) is 0.0683. The molecule has 0 aromatic carbocycles. The van der Waals surface area contributed by atoms with E-state index >= 15 is 0 Å². The molecule has 0 saturated carbocycles. The fourth-order valence-corrected chi connectivity index (χ4v) is 1.01. The normalized spacial score (nSPS) is 12.8. The summed E-state index contributed by atoms with van der Waals surface area (Å²) in [5, 5.41) is 0. The molecule has 0 aliphatic rings. The first kappa shape index (κ1) is 12.1. The van der Waals surface area contributed by atoms with Gasteiger partial charge < -0.3 is 9.47 Å². The van der Waals surface area contributed by atoms with Crippen LogP contribution in [-0.2, 0) is 18.7 Å². The molecule has 0 spiro atoms. The van der Waals surface area contributed by atoms with E-state index in [0.717, 1.165) is 4.31 Å². The molecule has 0 radical (unpaired) electrons. The Kier molecular flexibility index (Phi) is 5.03. The van der Waals surface area contributed by atoms with E-state index in [4.69, 9.17) is 20.2 Å². The van der Waals surface area contributed by atoms with E-state index in [1.165, 1.54) is 21.3 Å². The average molecular weight is 218 g/mol. The molecule has 0 N–H and O–H groups in total. The number of halogens is 1. The molecule has 74 valence electrons. The van der Waals surface area contributed by atoms with Gasteiger partial charge in [0.1, 0.15) is 0 Å². The van der Waals surface area contributed by atoms with E-state index in [9.17, 15) is 8.42 Å². The minimum Gasteiger partial charge on any atom is -0.354 e. The van der Waals surface area contributed by atoms with Crippen molar-refractivity contribution in [3.63, 3.8) is 0 Å². The van der Waals surface area contributed by atoms with Crippen LogP contribution in [0.3, 0.4) is 0 Å². The van der Waals surface area contributed by atoms with Crippen molar-refractivity contribution in [1.29, 1.82) is 0 Å². The Morgan fingerprint density at radius 2 is 1.83 bits per heavy atom. The molecule has 0 rings (SSSR count). The predicted molar refractivity (Wildman–Crippen MR) is 45.2 cm³/mol. The number of hydrogen-bond donors (Lipinski definition) is 0. The van der Waals surface area contributed by atoms with Crippen LogP contribution in [0.5, 0.6) is 0 Å². The van der Waals surface area contributed by atoms with Crippen LogP contribution in [0.15, 0.2) is 0 Å². The van der Waals surface area contributed by atoms with Gasteiger partial charge >= 0.3 is 0 Å². The molecule has 0 heterocycles. The van der Waals surface area contributed by atoms with Crippen molar-refractivity contribution in [3.05, 3.63) is 0 Å². The molecular formula is C5H12ClNO4S. The van der Waals surface area contributed by atoms with Crippen molar-refractivity contribution < 1.29 is 17.9 Å². The SMILES string of the molecule is COC(CN(C)S(=O)(=O)Cl)OC. The lowest BCUT2D eigenvalue weighted by Gasteiger charge is -2.18. The van der Waals surface area contributed by atoms with Crippen LogP contribution in [0.25, 0.3) is 0 Å². The van der Waals surface area contributed by atoms with Crippen LogP contribution < -0.4 is 0 Å². The summed E-state index contributed by atoms with van der Waals surface area (Å²) in [6, 6.07) is 0. The lowest BCUT2D eigenvalue weighted by Crippen LogP contribution is -2.33. The Morgan fingerprint density at radius 3 is 2.08 bits per heavy atom. The van der Waals surface area contributed by atoms with Gasteiger partial charge in [0.2, 0.25) is 0 Å². The Hall–Kier alpha value is 0.120. The number of ether oxygens (including phenoxy) is 2. The number of nitrogens with zero attached hydrogens (tertiary/aromatic N) is 1. The molecule has 0 saturated heterocycles. The molecule has 0 aliphatic heterocycles. The monoisotopic (exact) mass is 217 g/mol. The Bertz CT molecular complexity index is 213. The van der Waals surface area contributed by atoms with E-state index in [0.29, 0.717) is 0 Å². The molecule has 0 aromatic heterocycles. The molecule has 0 fully saturated rings. The molecule has 0 unspecified atom stereocenters. The molecule has 0 aliphatic carbocycles. The fourth-order valence-electron chi connectivity index (χ4n) is 0.544. The number of rotatable bonds is 5. The third kappa shape index (κ3) is 4.22. The molecule has 0 atom stereocenters. The quantitative estimate of drug-likeness (QED) is 0.481. The topological polar surface area (TPSA) is 55.8 Å². The summed E-state index contributed by atoms with van der Waals surface area (Å²) >= 11 is 0. The van der Waals surface area contributed by atoms with Crippen molar-refractivity contribution in [3.8, 4) is 0 Å². The first-order valence-electron chi connectivity index (χ1n) is 3.13. The Labute approximate surface area is 76.8 Å². The molecule has 0 amide bonds. The highest BCUT2D eigenvalue weighted by molar-refractivity contribution is 8.11. The van der Waals surface area contributed by atoms with Gasteiger partial charge in [0, 0.05) is 31.9 Å². The lowest BCUT2D eigenvalue weighted by molar-refractivity contribution is -0.106. The van der Waals surface area contributed by atoms with Crippen LogP contribution in [0.4, 0.5) is 0 Å². The smallest absolute Gasteiger partial charge is 0.299 e. The van der Waals surface area contributed by atoms with Gasteiger partial charge in [-0.3, -0.25) is 0 Å². The maximum absolute atomic E-state index is 10.7. The van der Waals surface area contributed by atoms with Crippen LogP contribution in [-0.4, -0.2) is 46.8 Å². The van der Waals surface area contributed by atoms with Gasteiger partial charge in [0.15, 0.2) is 6.29 Å². The van der Waals surface area contributed by atoms with Crippen molar-refractivity contribution in [2.24, 2.45) is 0 Å². The summed E-state index contributed by atoms with van der Waals surface area (Å²) in [4.78, 5) is 0. The van der Waals surface area contributed by atoms with Gasteiger partial charge in [0.25, 0.3) is 9.24 Å². The zero-order valence-electron chi connectivity index (χ0n) is 7.15. The highest BCUT2D eigenvalue weighted by atomic mass is 35.7. The molecule has 7 heteroatoms. The van der Waals surface area contributed by atoms with Crippen LogP contribution >= 0.6 is 10.7 Å². The predicted octanol–water partition coefficient (Wildman–Crippen LogP) is 0.0207. The van der Waals surface area contributed by atoms with Gasteiger partial charge in [-0.05, 0) is 0 Å². The van der Waals surface area contributed by atoms with Gasteiger partial charge in [-0.25, -0.2) is 0 Å². The summed E-state index contributed by atoms with van der Waals surface area (Å²) in [7, 11) is 5.54. The number of methoxy groups -OCH3 is 2. The Morgan fingerprint density at radius 1 is 1.42 bits per heavy atom. The van der Waals surface area contributed by atoms with Crippen molar-refractivity contribution in [2.75, 3.05) is 27.8 Å². The summed E-state index contributed by atoms with van der Waals surface area (Å²) in [5.74, 6) is 0. The molecule has 5 nitrogen and oxygen atoms in total. The second kappa shape index (κ2) is 4.98. The molecule has 12 heavy (non-hydrogen) atoms. The standard InChI is InChI=1S/C5H12ClNO4S/c1-7(12(6,8)9)4-5(10-2)11-3/h5H,4H2,1-3H3. The van der Waals surface area contributed by atoms with Gasteiger partial charge in [-0.15, -0.1) is 0 Å². The van der Waals surface area contributed by atoms with Crippen molar-refractivity contribution >= 4 is 19.9 Å². The maximum atomic E-state index is 10.7. The van der Waals surface area contributed by atoms with Gasteiger partial charge in [-0.2, -0.15) is 12.7 Å². The lowest BCUT2D eigenvalue weighted by atomic mass is 10.6. The zero-order valence-corrected chi connectivity index (χ0v) is 8.72. The van der Waals surface area contributed by atoms with E-state index < -0.39 is 15.5 Å².